The van der Waals surface area contributed by atoms with Gasteiger partial charge in [-0.2, -0.15) is 5.10 Å². The average molecular weight is 343 g/mol. The largest absolute Gasteiger partial charge is 0.362 e. The highest BCUT2D eigenvalue weighted by Crippen LogP contribution is 2.21. The summed E-state index contributed by atoms with van der Waals surface area (Å²) in [6.45, 7) is 2.69. The molecule has 3 heterocycles. The molecule has 0 radical (unpaired) electrons. The van der Waals surface area contributed by atoms with Crippen molar-refractivity contribution in [1.82, 2.24) is 24.6 Å². The molecule has 8 nitrogen and oxygen atoms in total. The molecule has 1 atom stereocenters. The van der Waals surface area contributed by atoms with Gasteiger partial charge in [-0.25, -0.2) is 9.67 Å². The minimum Gasteiger partial charge on any atom is -0.362 e. The van der Waals surface area contributed by atoms with Crippen LogP contribution in [0, 0.1) is 0 Å². The number of hydrogen-bond acceptors (Lipinski definition) is 5. The predicted octanol–water partition coefficient (Wildman–Crippen LogP) is 0.587. The molecule has 2 aromatic rings. The van der Waals surface area contributed by atoms with Gasteiger partial charge in [-0.1, -0.05) is 0 Å². The molecule has 0 aromatic carbocycles. The maximum absolute atomic E-state index is 12.8. The second kappa shape index (κ2) is 6.64. The number of pyridine rings is 1. The van der Waals surface area contributed by atoms with Crippen LogP contribution in [-0.2, 0) is 9.53 Å². The third kappa shape index (κ3) is 3.39. The summed E-state index contributed by atoms with van der Waals surface area (Å²) in [6, 6.07) is 5.26. The fraction of sp³-hybridized carbons (Fsp3) is 0.412. The lowest BCUT2D eigenvalue weighted by molar-refractivity contribution is -0.162. The Hall–Kier alpha value is -2.74. The van der Waals surface area contributed by atoms with E-state index in [0.29, 0.717) is 24.5 Å². The first-order valence-electron chi connectivity index (χ1n) is 8.02. The number of hydrogen-bond donors (Lipinski definition) is 0. The summed E-state index contributed by atoms with van der Waals surface area (Å²) < 4.78 is 7.28. The molecule has 2 amide bonds. The molecule has 1 saturated heterocycles. The number of carbonyl (C=O) groups is 2. The smallest absolute Gasteiger partial charge is 0.255 e. The van der Waals surface area contributed by atoms with Crippen molar-refractivity contribution in [3.63, 3.8) is 0 Å². The van der Waals surface area contributed by atoms with Gasteiger partial charge in [0.1, 0.15) is 0 Å². The Morgan fingerprint density at radius 1 is 1.32 bits per heavy atom. The molecule has 132 valence electrons. The first-order valence-corrected chi connectivity index (χ1v) is 8.02. The van der Waals surface area contributed by atoms with Crippen LogP contribution >= 0.6 is 0 Å². The normalized spacial score (nSPS) is 20.4. The van der Waals surface area contributed by atoms with E-state index in [0.717, 1.165) is 0 Å². The van der Waals surface area contributed by atoms with E-state index >= 15 is 0 Å². The van der Waals surface area contributed by atoms with Crippen molar-refractivity contribution in [2.75, 3.05) is 33.8 Å². The van der Waals surface area contributed by atoms with Crippen molar-refractivity contribution < 1.29 is 14.3 Å². The number of rotatable bonds is 3. The number of nitrogens with zero attached hydrogens (tertiary/aromatic N) is 5. The Labute approximate surface area is 146 Å². The van der Waals surface area contributed by atoms with Gasteiger partial charge in [-0.05, 0) is 25.1 Å². The lowest BCUT2D eigenvalue weighted by Gasteiger charge is -2.40. The Bertz CT molecular complexity index is 757. The van der Waals surface area contributed by atoms with Gasteiger partial charge in [-0.15, -0.1) is 0 Å². The van der Waals surface area contributed by atoms with E-state index in [9.17, 15) is 9.59 Å². The summed E-state index contributed by atoms with van der Waals surface area (Å²) in [7, 11) is 3.35. The van der Waals surface area contributed by atoms with Crippen molar-refractivity contribution in [3.8, 4) is 5.82 Å². The molecule has 1 aliphatic heterocycles. The molecule has 1 unspecified atom stereocenters. The second-order valence-corrected chi connectivity index (χ2v) is 6.36. The van der Waals surface area contributed by atoms with Crippen LogP contribution in [0.4, 0.5) is 0 Å². The third-order valence-corrected chi connectivity index (χ3v) is 4.15. The standard InChI is InChI=1S/C17H21N5O3/c1-17(16(24)20(2)3)12-21(9-10-25-17)15(23)13-5-6-14(18-11-13)22-8-4-7-19-22/h4-8,11H,9-10,12H2,1-3H3. The van der Waals surface area contributed by atoms with Gasteiger partial charge in [0.2, 0.25) is 0 Å². The maximum Gasteiger partial charge on any atom is 0.255 e. The number of amides is 2. The zero-order valence-electron chi connectivity index (χ0n) is 14.5. The van der Waals surface area contributed by atoms with Crippen LogP contribution in [0.5, 0.6) is 0 Å². The summed E-state index contributed by atoms with van der Waals surface area (Å²) >= 11 is 0. The van der Waals surface area contributed by atoms with Crippen LogP contribution in [-0.4, -0.2) is 75.8 Å². The van der Waals surface area contributed by atoms with Gasteiger partial charge in [-0.3, -0.25) is 9.59 Å². The summed E-state index contributed by atoms with van der Waals surface area (Å²) in [5.74, 6) is 0.314. The van der Waals surface area contributed by atoms with Crippen LogP contribution in [0.2, 0.25) is 0 Å². The van der Waals surface area contributed by atoms with Crippen molar-refractivity contribution in [3.05, 3.63) is 42.4 Å². The highest BCUT2D eigenvalue weighted by Gasteiger charge is 2.41. The minimum atomic E-state index is -1.03. The zero-order chi connectivity index (χ0) is 18.0. The Balaban J connectivity index is 1.75. The van der Waals surface area contributed by atoms with E-state index in [-0.39, 0.29) is 18.4 Å². The number of morpholine rings is 1. The quantitative estimate of drug-likeness (QED) is 0.815. The van der Waals surface area contributed by atoms with Gasteiger partial charge in [0.05, 0.1) is 18.7 Å². The SMILES string of the molecule is CN(C)C(=O)C1(C)CN(C(=O)c2ccc(-n3cccn3)nc2)CCO1. The van der Waals surface area contributed by atoms with E-state index in [4.69, 9.17) is 4.74 Å². The fourth-order valence-corrected chi connectivity index (χ4v) is 2.88. The first-order chi connectivity index (χ1) is 11.9. The molecule has 1 fully saturated rings. The molecule has 0 saturated carbocycles. The fourth-order valence-electron chi connectivity index (χ4n) is 2.88. The molecule has 0 spiro atoms. The molecule has 0 aliphatic carbocycles. The summed E-state index contributed by atoms with van der Waals surface area (Å²) in [6.07, 6.45) is 4.97. The van der Waals surface area contributed by atoms with Crippen LogP contribution in [0.1, 0.15) is 17.3 Å². The topological polar surface area (TPSA) is 80.6 Å². The van der Waals surface area contributed by atoms with Crippen molar-refractivity contribution in [2.45, 2.75) is 12.5 Å². The lowest BCUT2D eigenvalue weighted by Crippen LogP contribution is -2.59. The van der Waals surface area contributed by atoms with E-state index in [1.165, 1.54) is 11.1 Å². The molecule has 1 aliphatic rings. The van der Waals surface area contributed by atoms with Crippen LogP contribution in [0.15, 0.2) is 36.8 Å². The van der Waals surface area contributed by atoms with Crippen LogP contribution < -0.4 is 0 Å². The molecular weight excluding hydrogens is 322 g/mol. The third-order valence-electron chi connectivity index (χ3n) is 4.15. The van der Waals surface area contributed by atoms with Gasteiger partial charge >= 0.3 is 0 Å². The molecule has 8 heteroatoms. The van der Waals surface area contributed by atoms with Crippen LogP contribution in [0.25, 0.3) is 5.82 Å². The Kier molecular flexibility index (Phi) is 4.54. The van der Waals surface area contributed by atoms with Crippen molar-refractivity contribution in [1.29, 1.82) is 0 Å². The van der Waals surface area contributed by atoms with E-state index in [2.05, 4.69) is 10.1 Å². The highest BCUT2D eigenvalue weighted by molar-refractivity contribution is 5.95. The summed E-state index contributed by atoms with van der Waals surface area (Å²) in [4.78, 5) is 32.5. The average Bonchev–Trinajstić information content (AvgIpc) is 3.15. The van der Waals surface area contributed by atoms with Gasteiger partial charge in [0.25, 0.3) is 11.8 Å². The predicted molar refractivity (Wildman–Crippen MR) is 90.3 cm³/mol. The highest BCUT2D eigenvalue weighted by atomic mass is 16.5. The van der Waals surface area contributed by atoms with Crippen LogP contribution in [0.3, 0.4) is 0 Å². The van der Waals surface area contributed by atoms with Crippen molar-refractivity contribution >= 4 is 11.8 Å². The molecule has 3 rings (SSSR count). The molecule has 0 bridgehead atoms. The molecule has 2 aromatic heterocycles. The van der Waals surface area contributed by atoms with Gasteiger partial charge in [0.15, 0.2) is 11.4 Å². The minimum absolute atomic E-state index is 0.155. The summed E-state index contributed by atoms with van der Waals surface area (Å²) in [5, 5.41) is 4.11. The van der Waals surface area contributed by atoms with Crippen molar-refractivity contribution in [2.24, 2.45) is 0 Å². The number of ether oxygens (including phenoxy) is 1. The maximum atomic E-state index is 12.8. The summed E-state index contributed by atoms with van der Waals surface area (Å²) in [5.41, 5.74) is -0.558. The van der Waals surface area contributed by atoms with E-state index in [1.54, 1.807) is 61.2 Å². The molecular formula is C17H21N5O3. The first kappa shape index (κ1) is 17.1. The Morgan fingerprint density at radius 3 is 2.72 bits per heavy atom. The van der Waals surface area contributed by atoms with Gasteiger partial charge in [0, 0.05) is 39.2 Å². The van der Waals surface area contributed by atoms with E-state index < -0.39 is 5.60 Å². The number of likely N-dealkylation sites (N-methyl/N-ethyl adjacent to an activating group) is 1. The second-order valence-electron chi connectivity index (χ2n) is 6.36. The van der Waals surface area contributed by atoms with Gasteiger partial charge < -0.3 is 14.5 Å². The van der Waals surface area contributed by atoms with E-state index in [1.807, 2.05) is 0 Å². The molecule has 25 heavy (non-hydrogen) atoms. The zero-order valence-corrected chi connectivity index (χ0v) is 14.5. The molecule has 0 N–H and O–H groups in total. The Morgan fingerprint density at radius 2 is 2.12 bits per heavy atom. The number of aromatic nitrogens is 3. The lowest BCUT2D eigenvalue weighted by atomic mass is 10.0. The monoisotopic (exact) mass is 343 g/mol. The number of carbonyl (C=O) groups excluding carboxylic acids is 2.